The third kappa shape index (κ3) is 6.05. The van der Waals surface area contributed by atoms with Gasteiger partial charge in [-0.05, 0) is 43.2 Å². The average Bonchev–Trinajstić information content (AvgIpc) is 3.05. The van der Waals surface area contributed by atoms with Gasteiger partial charge in [-0.3, -0.25) is 4.79 Å². The first-order valence-electron chi connectivity index (χ1n) is 9.31. The van der Waals surface area contributed by atoms with Crippen LogP contribution in [0.1, 0.15) is 29.3 Å². The lowest BCUT2D eigenvalue weighted by molar-refractivity contribution is -0.129. The summed E-state index contributed by atoms with van der Waals surface area (Å²) in [5.41, 5.74) is 1.20. The second kappa shape index (κ2) is 9.09. The van der Waals surface area contributed by atoms with Crippen molar-refractivity contribution in [3.8, 4) is 5.75 Å². The SMILES string of the molecule is C[C@H](OC(=O)c1ccc(COc2ccccc2)cc1)C(=O)N[C@H]1CCS(=O)(=O)C1. The van der Waals surface area contributed by atoms with Crippen LogP contribution in [0.25, 0.3) is 0 Å². The highest BCUT2D eigenvalue weighted by molar-refractivity contribution is 7.91. The van der Waals surface area contributed by atoms with Gasteiger partial charge in [0.05, 0.1) is 17.1 Å². The molecule has 1 heterocycles. The van der Waals surface area contributed by atoms with E-state index in [4.69, 9.17) is 9.47 Å². The van der Waals surface area contributed by atoms with Gasteiger partial charge in [-0.25, -0.2) is 13.2 Å². The Morgan fingerprint density at radius 3 is 2.41 bits per heavy atom. The molecular weight excluding hydrogens is 394 g/mol. The van der Waals surface area contributed by atoms with Crippen LogP contribution in [0.4, 0.5) is 0 Å². The van der Waals surface area contributed by atoms with Crippen molar-refractivity contribution >= 4 is 21.7 Å². The number of rotatable bonds is 7. The summed E-state index contributed by atoms with van der Waals surface area (Å²) in [6.45, 7) is 1.82. The Bertz CT molecular complexity index is 956. The highest BCUT2D eigenvalue weighted by Crippen LogP contribution is 2.14. The molecule has 1 aliphatic rings. The molecule has 0 aliphatic carbocycles. The molecule has 7 nitrogen and oxygen atoms in total. The molecule has 8 heteroatoms. The van der Waals surface area contributed by atoms with E-state index in [0.29, 0.717) is 18.6 Å². The molecular formula is C21H23NO6S. The largest absolute Gasteiger partial charge is 0.489 e. The zero-order valence-corrected chi connectivity index (χ0v) is 16.9. The maximum Gasteiger partial charge on any atom is 0.338 e. The van der Waals surface area contributed by atoms with Crippen LogP contribution < -0.4 is 10.1 Å². The number of nitrogens with one attached hydrogen (secondary N) is 1. The van der Waals surface area contributed by atoms with Gasteiger partial charge in [-0.1, -0.05) is 30.3 Å². The molecule has 0 saturated carbocycles. The monoisotopic (exact) mass is 417 g/mol. The van der Waals surface area contributed by atoms with Gasteiger partial charge < -0.3 is 14.8 Å². The number of ether oxygens (including phenoxy) is 2. The molecule has 0 radical (unpaired) electrons. The van der Waals surface area contributed by atoms with Crippen molar-refractivity contribution in [3.05, 3.63) is 65.7 Å². The van der Waals surface area contributed by atoms with Crippen molar-refractivity contribution in [2.75, 3.05) is 11.5 Å². The second-order valence-corrected chi connectivity index (χ2v) is 9.18. The van der Waals surface area contributed by atoms with Crippen LogP contribution in [0.2, 0.25) is 0 Å². The number of amides is 1. The molecule has 154 valence electrons. The predicted octanol–water partition coefficient (Wildman–Crippen LogP) is 2.11. The van der Waals surface area contributed by atoms with Crippen LogP contribution in [-0.2, 0) is 26.0 Å². The van der Waals surface area contributed by atoms with E-state index < -0.39 is 33.9 Å². The summed E-state index contributed by atoms with van der Waals surface area (Å²) in [4.78, 5) is 24.4. The Morgan fingerprint density at radius 1 is 1.10 bits per heavy atom. The van der Waals surface area contributed by atoms with Crippen molar-refractivity contribution in [2.24, 2.45) is 0 Å². The van der Waals surface area contributed by atoms with E-state index in [9.17, 15) is 18.0 Å². The number of hydrogen-bond acceptors (Lipinski definition) is 6. The summed E-state index contributed by atoms with van der Waals surface area (Å²) in [6.07, 6.45) is -0.645. The third-order valence-corrected chi connectivity index (χ3v) is 6.34. The molecule has 1 N–H and O–H groups in total. The molecule has 29 heavy (non-hydrogen) atoms. The first-order chi connectivity index (χ1) is 13.8. The minimum atomic E-state index is -3.09. The van der Waals surface area contributed by atoms with Crippen LogP contribution in [-0.4, -0.2) is 43.9 Å². The molecule has 1 saturated heterocycles. The molecule has 2 aromatic rings. The van der Waals surface area contributed by atoms with Gasteiger partial charge in [0.1, 0.15) is 12.4 Å². The van der Waals surface area contributed by atoms with E-state index >= 15 is 0 Å². The molecule has 0 spiro atoms. The summed E-state index contributed by atoms with van der Waals surface area (Å²) in [5, 5.41) is 2.62. The van der Waals surface area contributed by atoms with Gasteiger partial charge >= 0.3 is 5.97 Å². The van der Waals surface area contributed by atoms with E-state index in [1.807, 2.05) is 30.3 Å². The van der Waals surface area contributed by atoms with Crippen molar-refractivity contribution in [1.82, 2.24) is 5.32 Å². The molecule has 0 bridgehead atoms. The first-order valence-corrected chi connectivity index (χ1v) is 11.1. The summed E-state index contributed by atoms with van der Waals surface area (Å²) in [7, 11) is -3.09. The Morgan fingerprint density at radius 2 is 1.79 bits per heavy atom. The molecule has 1 aliphatic heterocycles. The van der Waals surface area contributed by atoms with Gasteiger partial charge in [0, 0.05) is 6.04 Å². The number of para-hydroxylation sites is 1. The van der Waals surface area contributed by atoms with Crippen molar-refractivity contribution < 1.29 is 27.5 Å². The van der Waals surface area contributed by atoms with Crippen LogP contribution in [0.5, 0.6) is 5.75 Å². The molecule has 2 atom stereocenters. The Balaban J connectivity index is 1.48. The zero-order chi connectivity index (χ0) is 20.9. The fourth-order valence-corrected chi connectivity index (χ4v) is 4.60. The molecule has 3 rings (SSSR count). The first kappa shape index (κ1) is 20.9. The molecule has 0 unspecified atom stereocenters. The van der Waals surface area contributed by atoms with Crippen LogP contribution in [0.3, 0.4) is 0 Å². The van der Waals surface area contributed by atoms with Gasteiger partial charge in [0.15, 0.2) is 15.9 Å². The van der Waals surface area contributed by atoms with E-state index in [-0.39, 0.29) is 11.5 Å². The predicted molar refractivity (Wildman–Crippen MR) is 107 cm³/mol. The minimum absolute atomic E-state index is 0.0620. The molecule has 1 fully saturated rings. The highest BCUT2D eigenvalue weighted by atomic mass is 32.2. The minimum Gasteiger partial charge on any atom is -0.489 e. The Labute approximate surface area is 169 Å². The van der Waals surface area contributed by atoms with E-state index in [1.54, 1.807) is 24.3 Å². The van der Waals surface area contributed by atoms with E-state index in [1.165, 1.54) is 6.92 Å². The topological polar surface area (TPSA) is 98.8 Å². The number of sulfone groups is 1. The number of esters is 1. The smallest absolute Gasteiger partial charge is 0.338 e. The van der Waals surface area contributed by atoms with Gasteiger partial charge in [-0.15, -0.1) is 0 Å². The summed E-state index contributed by atoms with van der Waals surface area (Å²) in [5.74, 6) is -0.389. The maximum atomic E-state index is 12.3. The number of benzene rings is 2. The van der Waals surface area contributed by atoms with Crippen LogP contribution in [0, 0.1) is 0 Å². The normalized spacial score (nSPS) is 18.6. The van der Waals surface area contributed by atoms with Crippen molar-refractivity contribution in [3.63, 3.8) is 0 Å². The molecule has 1 amide bonds. The zero-order valence-electron chi connectivity index (χ0n) is 16.0. The number of carbonyl (C=O) groups excluding carboxylic acids is 2. The van der Waals surface area contributed by atoms with E-state index in [0.717, 1.165) is 11.3 Å². The Kier molecular flexibility index (Phi) is 6.53. The summed E-state index contributed by atoms with van der Waals surface area (Å²) >= 11 is 0. The van der Waals surface area contributed by atoms with Crippen molar-refractivity contribution in [1.29, 1.82) is 0 Å². The number of hydrogen-bond donors (Lipinski definition) is 1. The summed E-state index contributed by atoms with van der Waals surface area (Å²) in [6, 6.07) is 15.7. The third-order valence-electron chi connectivity index (χ3n) is 4.57. The summed E-state index contributed by atoms with van der Waals surface area (Å²) < 4.78 is 33.8. The van der Waals surface area contributed by atoms with Crippen molar-refractivity contribution in [2.45, 2.75) is 32.1 Å². The van der Waals surface area contributed by atoms with E-state index in [2.05, 4.69) is 5.32 Å². The number of carbonyl (C=O) groups is 2. The van der Waals surface area contributed by atoms with Gasteiger partial charge in [0.2, 0.25) is 0 Å². The van der Waals surface area contributed by atoms with Crippen LogP contribution >= 0.6 is 0 Å². The second-order valence-electron chi connectivity index (χ2n) is 6.95. The maximum absolute atomic E-state index is 12.3. The lowest BCUT2D eigenvalue weighted by atomic mass is 10.1. The van der Waals surface area contributed by atoms with Crippen LogP contribution in [0.15, 0.2) is 54.6 Å². The Hall–Kier alpha value is -2.87. The highest BCUT2D eigenvalue weighted by Gasteiger charge is 2.30. The van der Waals surface area contributed by atoms with Gasteiger partial charge in [-0.2, -0.15) is 0 Å². The van der Waals surface area contributed by atoms with Gasteiger partial charge in [0.25, 0.3) is 5.91 Å². The standard InChI is InChI=1S/C21H23NO6S/c1-15(20(23)22-18-11-12-29(25,26)14-18)28-21(24)17-9-7-16(8-10-17)13-27-19-5-3-2-4-6-19/h2-10,15,18H,11-14H2,1H3,(H,22,23)/t15-,18-/m0/s1. The average molecular weight is 417 g/mol. The fraction of sp³-hybridized carbons (Fsp3) is 0.333. The molecule has 0 aromatic heterocycles. The quantitative estimate of drug-likeness (QED) is 0.693. The molecule has 2 aromatic carbocycles. The lowest BCUT2D eigenvalue weighted by Gasteiger charge is -2.16. The lowest BCUT2D eigenvalue weighted by Crippen LogP contribution is -2.42. The fourth-order valence-electron chi connectivity index (χ4n) is 2.93.